The zero-order valence-electron chi connectivity index (χ0n) is 11.0. The minimum Gasteiger partial charge on any atom is -0.425 e. The van der Waals surface area contributed by atoms with Crippen LogP contribution in [0, 0.1) is 11.3 Å². The van der Waals surface area contributed by atoms with Crippen LogP contribution in [0.5, 0.6) is 0 Å². The lowest BCUT2D eigenvalue weighted by atomic mass is 9.91. The Kier molecular flexibility index (Phi) is 5.48. The van der Waals surface area contributed by atoms with E-state index >= 15 is 0 Å². The molecule has 0 spiro atoms. The average molecular weight is 230 g/mol. The summed E-state index contributed by atoms with van der Waals surface area (Å²) in [5, 5.41) is 0. The fraction of sp³-hybridized carbons (Fsp3) is 0.833. The lowest BCUT2D eigenvalue weighted by Crippen LogP contribution is -2.31. The van der Waals surface area contributed by atoms with E-state index in [1.807, 2.05) is 6.92 Å². The van der Waals surface area contributed by atoms with E-state index in [-0.39, 0.29) is 17.9 Å². The third-order valence-corrected chi connectivity index (χ3v) is 2.46. The second-order valence-corrected chi connectivity index (χ2v) is 4.80. The van der Waals surface area contributed by atoms with Gasteiger partial charge in [0.2, 0.25) is 6.29 Å². The van der Waals surface area contributed by atoms with E-state index < -0.39 is 11.7 Å². The monoisotopic (exact) mass is 230 g/mol. The van der Waals surface area contributed by atoms with Crippen molar-refractivity contribution in [2.45, 2.75) is 54.3 Å². The highest BCUT2D eigenvalue weighted by atomic mass is 16.7. The van der Waals surface area contributed by atoms with Crippen molar-refractivity contribution in [3.8, 4) is 0 Å². The van der Waals surface area contributed by atoms with E-state index in [4.69, 9.17) is 9.47 Å². The van der Waals surface area contributed by atoms with Gasteiger partial charge in [-0.3, -0.25) is 9.59 Å². The Morgan fingerprint density at radius 3 is 2.00 bits per heavy atom. The number of rotatable bonds is 5. The smallest absolute Gasteiger partial charge is 0.314 e. The van der Waals surface area contributed by atoms with Crippen LogP contribution >= 0.6 is 0 Å². The van der Waals surface area contributed by atoms with E-state index in [1.165, 1.54) is 0 Å². The summed E-state index contributed by atoms with van der Waals surface area (Å²) >= 11 is 0. The molecule has 0 aromatic heterocycles. The second kappa shape index (κ2) is 5.87. The number of esters is 2. The summed E-state index contributed by atoms with van der Waals surface area (Å²) in [4.78, 5) is 22.9. The van der Waals surface area contributed by atoms with Gasteiger partial charge < -0.3 is 9.47 Å². The largest absolute Gasteiger partial charge is 0.425 e. The minimum atomic E-state index is -0.826. The molecule has 4 nitrogen and oxygen atoms in total. The van der Waals surface area contributed by atoms with Crippen LogP contribution in [0.2, 0.25) is 0 Å². The lowest BCUT2D eigenvalue weighted by molar-refractivity contribution is -0.193. The summed E-state index contributed by atoms with van der Waals surface area (Å²) < 4.78 is 9.98. The topological polar surface area (TPSA) is 52.6 Å². The summed E-state index contributed by atoms with van der Waals surface area (Å²) in [6.07, 6.45) is -0.148. The fourth-order valence-electron chi connectivity index (χ4n) is 0.778. The molecule has 94 valence electrons. The molecule has 1 unspecified atom stereocenters. The van der Waals surface area contributed by atoms with Crippen LogP contribution in [0.15, 0.2) is 0 Å². The van der Waals surface area contributed by atoms with E-state index in [0.29, 0.717) is 6.42 Å². The quantitative estimate of drug-likeness (QED) is 0.538. The van der Waals surface area contributed by atoms with Crippen molar-refractivity contribution in [1.29, 1.82) is 0 Å². The predicted octanol–water partition coefficient (Wildman–Crippen LogP) is 2.51. The molecule has 0 rings (SSSR count). The van der Waals surface area contributed by atoms with Gasteiger partial charge in [-0.25, -0.2) is 0 Å². The highest BCUT2D eigenvalue weighted by molar-refractivity contribution is 5.76. The van der Waals surface area contributed by atoms with Crippen molar-refractivity contribution < 1.29 is 19.1 Å². The molecule has 0 radical (unpaired) electrons. The molecule has 0 saturated heterocycles. The first kappa shape index (κ1) is 14.9. The SMILES string of the molecule is CCC(C)(C)C(=O)OC(C)OC(=O)C(C)C. The minimum absolute atomic E-state index is 0.222. The van der Waals surface area contributed by atoms with E-state index in [2.05, 4.69) is 0 Å². The van der Waals surface area contributed by atoms with Gasteiger partial charge in [-0.05, 0) is 20.3 Å². The van der Waals surface area contributed by atoms with Crippen LogP contribution in [-0.2, 0) is 19.1 Å². The molecular weight excluding hydrogens is 208 g/mol. The Hall–Kier alpha value is -1.06. The molecule has 0 heterocycles. The summed E-state index contributed by atoms with van der Waals surface area (Å²) in [5.41, 5.74) is -0.543. The number of hydrogen-bond donors (Lipinski definition) is 0. The normalized spacial score (nSPS) is 13.4. The summed E-state index contributed by atoms with van der Waals surface area (Å²) in [5.74, 6) is -0.936. The lowest BCUT2D eigenvalue weighted by Gasteiger charge is -2.23. The standard InChI is InChI=1S/C12H22O4/c1-7-12(5,6)11(14)16-9(4)15-10(13)8(2)3/h8-9H,7H2,1-6H3. The van der Waals surface area contributed by atoms with Gasteiger partial charge in [-0.15, -0.1) is 0 Å². The molecule has 0 aliphatic rings. The molecular formula is C12H22O4. The van der Waals surface area contributed by atoms with Crippen LogP contribution in [0.1, 0.15) is 48.0 Å². The first-order valence-corrected chi connectivity index (χ1v) is 5.62. The van der Waals surface area contributed by atoms with Crippen LogP contribution in [-0.4, -0.2) is 18.2 Å². The van der Waals surface area contributed by atoms with Gasteiger partial charge in [0.15, 0.2) is 0 Å². The maximum absolute atomic E-state index is 11.6. The third kappa shape index (κ3) is 4.64. The summed E-state index contributed by atoms with van der Waals surface area (Å²) in [6, 6.07) is 0. The van der Waals surface area contributed by atoms with Gasteiger partial charge in [0.25, 0.3) is 0 Å². The first-order valence-electron chi connectivity index (χ1n) is 5.62. The van der Waals surface area contributed by atoms with Crippen LogP contribution in [0.4, 0.5) is 0 Å². The maximum atomic E-state index is 11.6. The van der Waals surface area contributed by atoms with Crippen molar-refractivity contribution in [2.75, 3.05) is 0 Å². The Bertz CT molecular complexity index is 256. The Labute approximate surface area is 97.3 Å². The van der Waals surface area contributed by atoms with Crippen LogP contribution in [0.3, 0.4) is 0 Å². The van der Waals surface area contributed by atoms with Gasteiger partial charge >= 0.3 is 11.9 Å². The highest BCUT2D eigenvalue weighted by Crippen LogP contribution is 2.22. The zero-order chi connectivity index (χ0) is 12.9. The second-order valence-electron chi connectivity index (χ2n) is 4.80. The zero-order valence-corrected chi connectivity index (χ0v) is 11.0. The predicted molar refractivity (Wildman–Crippen MR) is 60.6 cm³/mol. The molecule has 4 heteroatoms. The van der Waals surface area contributed by atoms with Crippen molar-refractivity contribution >= 4 is 11.9 Å². The molecule has 16 heavy (non-hydrogen) atoms. The Balaban J connectivity index is 4.21. The summed E-state index contributed by atoms with van der Waals surface area (Å²) in [7, 11) is 0. The molecule has 0 bridgehead atoms. The first-order chi connectivity index (χ1) is 7.20. The maximum Gasteiger partial charge on any atom is 0.314 e. The number of carbonyl (C=O) groups is 2. The third-order valence-electron chi connectivity index (χ3n) is 2.46. The van der Waals surface area contributed by atoms with Crippen molar-refractivity contribution in [3.05, 3.63) is 0 Å². The highest BCUT2D eigenvalue weighted by Gasteiger charge is 2.29. The fourth-order valence-corrected chi connectivity index (χ4v) is 0.778. The Morgan fingerprint density at radius 2 is 1.62 bits per heavy atom. The molecule has 0 fully saturated rings. The molecule has 1 atom stereocenters. The summed E-state index contributed by atoms with van der Waals surface area (Å²) in [6.45, 7) is 10.5. The molecule has 0 aliphatic heterocycles. The molecule has 0 amide bonds. The number of hydrogen-bond acceptors (Lipinski definition) is 4. The number of ether oxygens (including phenoxy) is 2. The van der Waals surface area contributed by atoms with E-state index in [0.717, 1.165) is 0 Å². The van der Waals surface area contributed by atoms with Crippen LogP contribution in [0.25, 0.3) is 0 Å². The van der Waals surface area contributed by atoms with Crippen molar-refractivity contribution in [1.82, 2.24) is 0 Å². The van der Waals surface area contributed by atoms with E-state index in [1.54, 1.807) is 34.6 Å². The molecule has 0 aromatic rings. The van der Waals surface area contributed by atoms with Gasteiger partial charge in [0, 0.05) is 6.92 Å². The Morgan fingerprint density at radius 1 is 1.12 bits per heavy atom. The molecule has 0 aliphatic carbocycles. The van der Waals surface area contributed by atoms with Crippen molar-refractivity contribution in [3.63, 3.8) is 0 Å². The molecule has 0 saturated carbocycles. The molecule has 0 aromatic carbocycles. The van der Waals surface area contributed by atoms with E-state index in [9.17, 15) is 9.59 Å². The van der Waals surface area contributed by atoms with Gasteiger partial charge in [-0.2, -0.15) is 0 Å². The van der Waals surface area contributed by atoms with Gasteiger partial charge in [-0.1, -0.05) is 20.8 Å². The van der Waals surface area contributed by atoms with Crippen LogP contribution < -0.4 is 0 Å². The molecule has 0 N–H and O–H groups in total. The van der Waals surface area contributed by atoms with Gasteiger partial charge in [0.05, 0.1) is 11.3 Å². The van der Waals surface area contributed by atoms with Crippen molar-refractivity contribution in [2.24, 2.45) is 11.3 Å². The number of carbonyl (C=O) groups excluding carboxylic acids is 2. The average Bonchev–Trinajstić information content (AvgIpc) is 2.17. The van der Waals surface area contributed by atoms with Gasteiger partial charge in [0.1, 0.15) is 0 Å².